The minimum absolute atomic E-state index is 0.183. The lowest BCUT2D eigenvalue weighted by Crippen LogP contribution is -2.15. The lowest BCUT2D eigenvalue weighted by atomic mass is 10.4. The van der Waals surface area contributed by atoms with Gasteiger partial charge >= 0.3 is 0 Å². The fraction of sp³-hybridized carbons (Fsp3) is 0.300. The summed E-state index contributed by atoms with van der Waals surface area (Å²) in [6, 6.07) is 1.76. The molecule has 7 heteroatoms. The van der Waals surface area contributed by atoms with E-state index < -0.39 is 0 Å². The van der Waals surface area contributed by atoms with Crippen LogP contribution in [0.1, 0.15) is 22.4 Å². The highest BCUT2D eigenvalue weighted by molar-refractivity contribution is 9.10. The molecule has 2 rings (SSSR count). The number of hydrogen-bond donors (Lipinski definition) is 1. The maximum atomic E-state index is 11.9. The van der Waals surface area contributed by atoms with Crippen LogP contribution in [0.4, 0.5) is 5.13 Å². The zero-order valence-electron chi connectivity index (χ0n) is 9.40. The Balaban J connectivity index is 2.14. The number of amides is 1. The predicted octanol–water partition coefficient (Wildman–Crippen LogP) is 2.45. The number of rotatable bonds is 3. The van der Waals surface area contributed by atoms with E-state index >= 15 is 0 Å². The molecule has 0 unspecified atom stereocenters. The Morgan fingerprint density at radius 1 is 1.59 bits per heavy atom. The second-order valence-electron chi connectivity index (χ2n) is 3.46. The van der Waals surface area contributed by atoms with Crippen LogP contribution in [-0.4, -0.2) is 20.7 Å². The molecule has 0 aliphatic heterocycles. The third-order valence-electron chi connectivity index (χ3n) is 2.19. The molecule has 0 saturated carbocycles. The van der Waals surface area contributed by atoms with Gasteiger partial charge in [-0.05, 0) is 28.4 Å². The van der Waals surface area contributed by atoms with E-state index in [2.05, 4.69) is 31.4 Å². The van der Waals surface area contributed by atoms with E-state index in [0.717, 1.165) is 15.9 Å². The van der Waals surface area contributed by atoms with Crippen LogP contribution in [0, 0.1) is 0 Å². The van der Waals surface area contributed by atoms with Crippen LogP contribution in [0.25, 0.3) is 0 Å². The van der Waals surface area contributed by atoms with Crippen LogP contribution in [0.15, 0.2) is 16.7 Å². The number of hydrogen-bond acceptors (Lipinski definition) is 4. The van der Waals surface area contributed by atoms with Crippen molar-refractivity contribution in [2.24, 2.45) is 7.05 Å². The van der Waals surface area contributed by atoms with E-state index in [1.807, 2.05) is 20.2 Å². The van der Waals surface area contributed by atoms with Crippen molar-refractivity contribution in [2.45, 2.75) is 13.3 Å². The summed E-state index contributed by atoms with van der Waals surface area (Å²) in [5, 5.41) is 12.0. The molecule has 0 aliphatic rings. The first kappa shape index (κ1) is 12.3. The second kappa shape index (κ2) is 4.97. The smallest absolute Gasteiger partial charge is 0.274 e. The van der Waals surface area contributed by atoms with E-state index in [0.29, 0.717) is 10.8 Å². The summed E-state index contributed by atoms with van der Waals surface area (Å²) in [6.45, 7) is 2.00. The van der Waals surface area contributed by atoms with Gasteiger partial charge in [-0.1, -0.05) is 18.3 Å². The summed E-state index contributed by atoms with van der Waals surface area (Å²) in [4.78, 5) is 11.9. The van der Waals surface area contributed by atoms with Gasteiger partial charge in [0, 0.05) is 17.7 Å². The number of aromatic nitrogens is 3. The topological polar surface area (TPSA) is 59.8 Å². The number of carbonyl (C=O) groups is 1. The van der Waals surface area contributed by atoms with Crippen LogP contribution in [-0.2, 0) is 13.5 Å². The molecular formula is C10H11BrN4OS. The first-order chi connectivity index (χ1) is 8.10. The zero-order chi connectivity index (χ0) is 12.4. The molecule has 2 heterocycles. The fourth-order valence-corrected chi connectivity index (χ4v) is 2.56. The lowest BCUT2D eigenvalue weighted by molar-refractivity contribution is 0.101. The maximum absolute atomic E-state index is 11.9. The van der Waals surface area contributed by atoms with Crippen LogP contribution in [0.3, 0.4) is 0 Å². The van der Waals surface area contributed by atoms with Crippen LogP contribution in [0.2, 0.25) is 0 Å². The molecule has 0 bridgehead atoms. The van der Waals surface area contributed by atoms with Crippen molar-refractivity contribution >= 4 is 38.3 Å². The molecule has 5 nitrogen and oxygen atoms in total. The molecule has 0 atom stereocenters. The SMILES string of the molecule is CCc1nnc(NC(=O)c2cc(Br)cn2C)s1. The molecule has 2 aromatic heterocycles. The van der Waals surface area contributed by atoms with Crippen LogP contribution in [0.5, 0.6) is 0 Å². The van der Waals surface area contributed by atoms with Gasteiger partial charge < -0.3 is 4.57 Å². The summed E-state index contributed by atoms with van der Waals surface area (Å²) >= 11 is 4.72. The molecular weight excluding hydrogens is 304 g/mol. The molecule has 1 amide bonds. The summed E-state index contributed by atoms with van der Waals surface area (Å²) in [7, 11) is 1.82. The minimum atomic E-state index is -0.183. The molecule has 0 spiro atoms. The number of nitrogens with zero attached hydrogens (tertiary/aromatic N) is 3. The fourth-order valence-electron chi connectivity index (χ4n) is 1.36. The minimum Gasteiger partial charge on any atom is -0.345 e. The van der Waals surface area contributed by atoms with Gasteiger partial charge in [-0.2, -0.15) is 0 Å². The molecule has 90 valence electrons. The number of carbonyl (C=O) groups excluding carboxylic acids is 1. The van der Waals surface area contributed by atoms with Gasteiger partial charge in [0.15, 0.2) is 0 Å². The molecule has 0 fully saturated rings. The van der Waals surface area contributed by atoms with Crippen molar-refractivity contribution in [1.82, 2.24) is 14.8 Å². The number of anilines is 1. The first-order valence-electron chi connectivity index (χ1n) is 5.05. The summed E-state index contributed by atoms with van der Waals surface area (Å²) in [6.07, 6.45) is 2.65. The third kappa shape index (κ3) is 2.73. The highest BCUT2D eigenvalue weighted by Crippen LogP contribution is 2.18. The Labute approximate surface area is 111 Å². The van der Waals surface area contributed by atoms with E-state index in [-0.39, 0.29) is 5.91 Å². The van der Waals surface area contributed by atoms with Gasteiger partial charge in [-0.3, -0.25) is 10.1 Å². The average Bonchev–Trinajstić information content (AvgIpc) is 2.85. The zero-order valence-corrected chi connectivity index (χ0v) is 11.8. The van der Waals surface area contributed by atoms with Crippen molar-refractivity contribution in [1.29, 1.82) is 0 Å². The molecule has 1 N–H and O–H groups in total. The van der Waals surface area contributed by atoms with Gasteiger partial charge in [0.25, 0.3) is 5.91 Å². The van der Waals surface area contributed by atoms with Crippen molar-refractivity contribution in [3.8, 4) is 0 Å². The Kier molecular flexibility index (Phi) is 3.58. The standard InChI is InChI=1S/C10H11BrN4OS/c1-3-8-13-14-10(17-8)12-9(16)7-4-6(11)5-15(7)2/h4-5H,3H2,1-2H3,(H,12,14,16). The number of halogens is 1. The normalized spacial score (nSPS) is 10.5. The van der Waals surface area contributed by atoms with Crippen molar-refractivity contribution in [2.75, 3.05) is 5.32 Å². The predicted molar refractivity (Wildman–Crippen MR) is 70.4 cm³/mol. The van der Waals surface area contributed by atoms with E-state index in [1.54, 1.807) is 10.6 Å². The maximum Gasteiger partial charge on any atom is 0.274 e. The Morgan fingerprint density at radius 3 is 2.88 bits per heavy atom. The highest BCUT2D eigenvalue weighted by Gasteiger charge is 2.13. The van der Waals surface area contributed by atoms with Gasteiger partial charge in [-0.15, -0.1) is 10.2 Å². The number of nitrogens with one attached hydrogen (secondary N) is 1. The van der Waals surface area contributed by atoms with Gasteiger partial charge in [0.1, 0.15) is 10.7 Å². The molecule has 0 aromatic carbocycles. The van der Waals surface area contributed by atoms with Gasteiger partial charge in [-0.25, -0.2) is 0 Å². The van der Waals surface area contributed by atoms with Crippen LogP contribution < -0.4 is 5.32 Å². The first-order valence-corrected chi connectivity index (χ1v) is 6.66. The average molecular weight is 315 g/mol. The second-order valence-corrected chi connectivity index (χ2v) is 5.44. The molecule has 0 aliphatic carbocycles. The van der Waals surface area contributed by atoms with Gasteiger partial charge in [0.2, 0.25) is 5.13 Å². The summed E-state index contributed by atoms with van der Waals surface area (Å²) in [5.74, 6) is -0.183. The summed E-state index contributed by atoms with van der Waals surface area (Å²) in [5.41, 5.74) is 0.574. The highest BCUT2D eigenvalue weighted by atomic mass is 79.9. The quantitative estimate of drug-likeness (QED) is 0.946. The third-order valence-corrected chi connectivity index (χ3v) is 3.61. The van der Waals surface area contributed by atoms with Crippen molar-refractivity contribution in [3.63, 3.8) is 0 Å². The number of aryl methyl sites for hydroxylation is 2. The molecule has 0 radical (unpaired) electrons. The summed E-state index contributed by atoms with van der Waals surface area (Å²) < 4.78 is 2.62. The Hall–Kier alpha value is -1.21. The molecule has 2 aromatic rings. The van der Waals surface area contributed by atoms with Crippen LogP contribution >= 0.6 is 27.3 Å². The van der Waals surface area contributed by atoms with E-state index in [4.69, 9.17) is 0 Å². The Bertz CT molecular complexity index is 548. The van der Waals surface area contributed by atoms with Crippen molar-refractivity contribution in [3.05, 3.63) is 27.4 Å². The van der Waals surface area contributed by atoms with Gasteiger partial charge in [0.05, 0.1) is 0 Å². The molecule has 17 heavy (non-hydrogen) atoms. The van der Waals surface area contributed by atoms with E-state index in [9.17, 15) is 4.79 Å². The van der Waals surface area contributed by atoms with Crippen molar-refractivity contribution < 1.29 is 4.79 Å². The Morgan fingerprint density at radius 2 is 2.35 bits per heavy atom. The monoisotopic (exact) mass is 314 g/mol. The lowest BCUT2D eigenvalue weighted by Gasteiger charge is -2.01. The molecule has 0 saturated heterocycles. The van der Waals surface area contributed by atoms with E-state index in [1.165, 1.54) is 11.3 Å². The largest absolute Gasteiger partial charge is 0.345 e.